The van der Waals surface area contributed by atoms with Crippen molar-refractivity contribution in [2.45, 2.75) is 95.6 Å². The predicted octanol–water partition coefficient (Wildman–Crippen LogP) is 2.39. The molecule has 0 aromatic heterocycles. The van der Waals surface area contributed by atoms with Crippen LogP contribution in [0.25, 0.3) is 0 Å². The third-order valence-electron chi connectivity index (χ3n) is 9.73. The first-order valence-electron chi connectivity index (χ1n) is 13.7. The van der Waals surface area contributed by atoms with E-state index in [4.69, 9.17) is 23.7 Å². The molecule has 3 aliphatic heterocycles. The van der Waals surface area contributed by atoms with Crippen LogP contribution >= 0.6 is 0 Å². The smallest absolute Gasteiger partial charge is 0.335 e. The minimum absolute atomic E-state index is 0.0195. The van der Waals surface area contributed by atoms with Gasteiger partial charge in [0, 0.05) is 24.5 Å². The molecule has 38 heavy (non-hydrogen) atoms. The first-order chi connectivity index (χ1) is 18.0. The number of carbonyl (C=O) groups is 2. The van der Waals surface area contributed by atoms with Crippen LogP contribution in [0.15, 0.2) is 36.0 Å². The number of cyclic esters (lactones) is 1. The minimum atomic E-state index is -1.33. The largest absolute Gasteiger partial charge is 0.463 e. The summed E-state index contributed by atoms with van der Waals surface area (Å²) in [6.45, 7) is 8.27. The third-order valence-corrected chi connectivity index (χ3v) is 9.73. The fourth-order valence-corrected chi connectivity index (χ4v) is 7.04. The molecule has 0 aromatic rings. The number of ether oxygens (including phenoxy) is 5. The van der Waals surface area contributed by atoms with Crippen molar-refractivity contribution in [3.63, 3.8) is 0 Å². The quantitative estimate of drug-likeness (QED) is 0.298. The van der Waals surface area contributed by atoms with Crippen molar-refractivity contribution in [3.05, 3.63) is 36.0 Å². The lowest BCUT2D eigenvalue weighted by Crippen LogP contribution is -2.66. The summed E-state index contributed by atoms with van der Waals surface area (Å²) >= 11 is 0. The summed E-state index contributed by atoms with van der Waals surface area (Å²) < 4.78 is 30.4. The monoisotopic (exact) mass is 532 g/mol. The zero-order chi connectivity index (χ0) is 27.3. The maximum atomic E-state index is 13.1. The zero-order valence-corrected chi connectivity index (χ0v) is 22.6. The van der Waals surface area contributed by atoms with Gasteiger partial charge in [-0.25, -0.2) is 9.59 Å². The van der Waals surface area contributed by atoms with Crippen molar-refractivity contribution in [3.8, 4) is 0 Å². The molecule has 3 heterocycles. The molecule has 9 nitrogen and oxygen atoms in total. The van der Waals surface area contributed by atoms with Crippen molar-refractivity contribution >= 4 is 11.9 Å². The van der Waals surface area contributed by atoms with E-state index in [9.17, 15) is 19.8 Å². The summed E-state index contributed by atoms with van der Waals surface area (Å²) in [5.74, 6) is -1.60. The number of aliphatic hydroxyl groups is 2. The molecule has 2 bridgehead atoms. The van der Waals surface area contributed by atoms with Gasteiger partial charge >= 0.3 is 11.9 Å². The number of carbonyl (C=O) groups excluding carboxylic acids is 2. The van der Waals surface area contributed by atoms with Crippen LogP contribution in [0.4, 0.5) is 0 Å². The van der Waals surface area contributed by atoms with Gasteiger partial charge in [0.05, 0.1) is 30.3 Å². The molecule has 0 unspecified atom stereocenters. The maximum absolute atomic E-state index is 13.1. The average Bonchev–Trinajstić information content (AvgIpc) is 3.65. The number of hydrogen-bond donors (Lipinski definition) is 2. The lowest BCUT2D eigenvalue weighted by atomic mass is 9.51. The van der Waals surface area contributed by atoms with Crippen molar-refractivity contribution in [1.82, 2.24) is 0 Å². The molecular weight excluding hydrogens is 492 g/mol. The van der Waals surface area contributed by atoms with Gasteiger partial charge in [0.25, 0.3) is 0 Å². The first kappa shape index (κ1) is 27.5. The zero-order valence-electron chi connectivity index (χ0n) is 22.6. The number of esters is 2. The molecule has 10 atom stereocenters. The average molecular weight is 533 g/mol. The summed E-state index contributed by atoms with van der Waals surface area (Å²) in [6, 6.07) is 0. The second kappa shape index (κ2) is 10.2. The molecule has 2 spiro atoms. The Morgan fingerprint density at radius 3 is 2.63 bits per heavy atom. The number of aliphatic hydroxyl groups excluding tert-OH is 2. The predicted molar refractivity (Wildman–Crippen MR) is 136 cm³/mol. The van der Waals surface area contributed by atoms with Crippen molar-refractivity contribution in [2.24, 2.45) is 16.7 Å². The van der Waals surface area contributed by atoms with Crippen LogP contribution in [0.1, 0.15) is 53.4 Å². The van der Waals surface area contributed by atoms with Gasteiger partial charge in [-0.05, 0) is 39.0 Å². The highest BCUT2D eigenvalue weighted by atomic mass is 16.6. The summed E-state index contributed by atoms with van der Waals surface area (Å²) in [6.07, 6.45) is 6.89. The molecule has 2 saturated heterocycles. The molecule has 2 aliphatic carbocycles. The number of hydrogen-bond acceptors (Lipinski definition) is 9. The molecule has 0 amide bonds. The summed E-state index contributed by atoms with van der Waals surface area (Å²) in [7, 11) is 0. The Kier molecular flexibility index (Phi) is 7.37. The van der Waals surface area contributed by atoms with E-state index in [1.807, 2.05) is 0 Å². The summed E-state index contributed by atoms with van der Waals surface area (Å²) in [5, 5.41) is 20.8. The molecule has 0 radical (unpaired) electrons. The minimum Gasteiger partial charge on any atom is -0.463 e. The van der Waals surface area contributed by atoms with Crippen molar-refractivity contribution in [2.75, 3.05) is 19.8 Å². The van der Waals surface area contributed by atoms with Gasteiger partial charge in [0.1, 0.15) is 24.4 Å². The Hall–Kier alpha value is -2.04. The first-order valence-corrected chi connectivity index (χ1v) is 13.7. The van der Waals surface area contributed by atoms with Gasteiger partial charge in [-0.2, -0.15) is 0 Å². The second-order valence-corrected chi connectivity index (χ2v) is 11.9. The van der Waals surface area contributed by atoms with Crippen LogP contribution in [0, 0.1) is 16.7 Å². The molecule has 0 aromatic carbocycles. The Labute approximate surface area is 223 Å². The molecule has 210 valence electrons. The number of rotatable bonds is 1. The van der Waals surface area contributed by atoms with Gasteiger partial charge in [-0.1, -0.05) is 43.7 Å². The highest BCUT2D eigenvalue weighted by Gasteiger charge is 2.83. The van der Waals surface area contributed by atoms with E-state index in [2.05, 4.69) is 19.9 Å². The van der Waals surface area contributed by atoms with Crippen molar-refractivity contribution < 1.29 is 43.5 Å². The van der Waals surface area contributed by atoms with E-state index >= 15 is 0 Å². The van der Waals surface area contributed by atoms with E-state index in [0.29, 0.717) is 25.9 Å². The van der Waals surface area contributed by atoms with Gasteiger partial charge in [-0.15, -0.1) is 0 Å². The van der Waals surface area contributed by atoms with Gasteiger partial charge < -0.3 is 33.9 Å². The molecule has 5 rings (SSSR count). The molecule has 5 aliphatic rings. The van der Waals surface area contributed by atoms with Gasteiger partial charge in [0.2, 0.25) is 0 Å². The topological polar surface area (TPSA) is 124 Å². The molecule has 1 saturated carbocycles. The van der Waals surface area contributed by atoms with Crippen LogP contribution in [-0.4, -0.2) is 84.2 Å². The Bertz CT molecular complexity index is 1030. The fraction of sp³-hybridized carbons (Fsp3) is 0.724. The van der Waals surface area contributed by atoms with E-state index < -0.39 is 58.7 Å². The molecule has 2 N–H and O–H groups in total. The highest BCUT2D eigenvalue weighted by molar-refractivity contribution is 5.82. The van der Waals surface area contributed by atoms with Crippen LogP contribution in [0.3, 0.4) is 0 Å². The maximum Gasteiger partial charge on any atom is 0.335 e. The van der Waals surface area contributed by atoms with E-state index in [0.717, 1.165) is 6.42 Å². The number of allylic oxidation sites excluding steroid dienone is 3. The van der Waals surface area contributed by atoms with Gasteiger partial charge in [0.15, 0.2) is 6.10 Å². The van der Waals surface area contributed by atoms with Crippen LogP contribution < -0.4 is 0 Å². The second-order valence-electron chi connectivity index (χ2n) is 11.9. The van der Waals surface area contributed by atoms with E-state index in [1.54, 1.807) is 32.1 Å². The Morgan fingerprint density at radius 1 is 1.16 bits per heavy atom. The highest BCUT2D eigenvalue weighted by Crippen LogP contribution is 2.72. The summed E-state index contributed by atoms with van der Waals surface area (Å²) in [4.78, 5) is 26.0. The Balaban J connectivity index is 1.51. The van der Waals surface area contributed by atoms with E-state index in [-0.39, 0.29) is 25.4 Å². The molecule has 9 heteroatoms. The SMILES string of the molecule is CC1=C[C@H]2O[C@@H]3C[C@H]4OC(=O)C=CC=C[C@H]([C@@H](C)O)OCC[C@@H](C)[C@H](O)C(=O)OC[C@@]2(CC1)[C@]4(C)[C@@]31CO1. The lowest BCUT2D eigenvalue weighted by molar-refractivity contribution is -0.234. The fourth-order valence-electron chi connectivity index (χ4n) is 7.04. The third kappa shape index (κ3) is 4.36. The summed E-state index contributed by atoms with van der Waals surface area (Å²) in [5.41, 5.74) is -0.771. The number of epoxide rings is 1. The van der Waals surface area contributed by atoms with Crippen LogP contribution in [-0.2, 0) is 33.3 Å². The molecule has 3 fully saturated rings. The van der Waals surface area contributed by atoms with Crippen molar-refractivity contribution in [1.29, 1.82) is 0 Å². The standard InChI is InChI=1S/C29H40O9/c1-17-9-11-28-15-35-26(33)25(32)18(2)10-12-34-20(19(3)30)7-5-6-8-24(31)38-21-14-23(37-22(28)13-17)29(16-36-29)27(21,28)4/h5-8,13,18-23,25,30,32H,9-12,14-16H2,1-4H3/t18-,19-,20-,21-,22-,23-,25+,27-,28-,29-/m1/s1. The lowest BCUT2D eigenvalue weighted by Gasteiger charge is -2.58. The van der Waals surface area contributed by atoms with Crippen LogP contribution in [0.2, 0.25) is 0 Å². The normalized spacial score (nSPS) is 46.3. The van der Waals surface area contributed by atoms with Crippen LogP contribution in [0.5, 0.6) is 0 Å². The Morgan fingerprint density at radius 2 is 1.92 bits per heavy atom. The van der Waals surface area contributed by atoms with Gasteiger partial charge in [-0.3, -0.25) is 0 Å². The molecular formula is C29H40O9. The van der Waals surface area contributed by atoms with E-state index in [1.165, 1.54) is 11.6 Å².